The molecule has 4 aromatic rings. The number of likely N-dealkylation sites (N-methyl/N-ethyl adjacent to an activating group) is 1. The monoisotopic (exact) mass is 559 g/mol. The van der Waals surface area contributed by atoms with Gasteiger partial charge in [-0.15, -0.1) is 0 Å². The maximum atomic E-state index is 14.0. The zero-order valence-electron chi connectivity index (χ0n) is 22.6. The molecular formula is C31H28F3N5O2. The standard InChI is InChI=1S/C31H28F3N5O2/c1-20-3-9-26(16-22(20)5-4-21-15-23-8-10-28(40)37-29(23)35-18-21)36-30(41)24-6-7-25(27(17-24)31(32,33)34)19-39-13-11-38(2)12-14-39/h3,6-10,15-18H,11-14,19H2,1-2H3,(H,36,41)(H,35,37,40). The second-order valence-corrected chi connectivity index (χ2v) is 10.2. The van der Waals surface area contributed by atoms with Gasteiger partial charge in [0.25, 0.3) is 5.91 Å². The quantitative estimate of drug-likeness (QED) is 0.356. The highest BCUT2D eigenvalue weighted by Gasteiger charge is 2.34. The number of halogens is 3. The van der Waals surface area contributed by atoms with Crippen molar-refractivity contribution < 1.29 is 18.0 Å². The zero-order valence-corrected chi connectivity index (χ0v) is 22.6. The van der Waals surface area contributed by atoms with Crippen LogP contribution in [0.1, 0.15) is 38.2 Å². The van der Waals surface area contributed by atoms with Crippen molar-refractivity contribution in [2.75, 3.05) is 38.5 Å². The maximum Gasteiger partial charge on any atom is 0.416 e. The number of aromatic nitrogens is 2. The molecule has 3 heterocycles. The van der Waals surface area contributed by atoms with Crippen LogP contribution < -0.4 is 10.9 Å². The number of carbonyl (C=O) groups is 1. The van der Waals surface area contributed by atoms with Crippen LogP contribution in [0.2, 0.25) is 0 Å². The van der Waals surface area contributed by atoms with Crippen molar-refractivity contribution in [2.24, 2.45) is 0 Å². The van der Waals surface area contributed by atoms with Crippen LogP contribution in [0.3, 0.4) is 0 Å². The third-order valence-electron chi connectivity index (χ3n) is 7.08. The van der Waals surface area contributed by atoms with E-state index >= 15 is 0 Å². The topological polar surface area (TPSA) is 81.3 Å². The van der Waals surface area contributed by atoms with Gasteiger partial charge in [-0.1, -0.05) is 24.0 Å². The van der Waals surface area contributed by atoms with Gasteiger partial charge in [0, 0.05) is 72.8 Å². The lowest BCUT2D eigenvalue weighted by atomic mass is 10.0. The number of alkyl halides is 3. The first kappa shape index (κ1) is 28.1. The number of fused-ring (bicyclic) bond motifs is 1. The Kier molecular flexibility index (Phi) is 7.92. The number of nitrogens with one attached hydrogen (secondary N) is 2. The number of amides is 1. The minimum absolute atomic E-state index is 0.0760. The zero-order chi connectivity index (χ0) is 29.1. The first-order valence-electron chi connectivity index (χ1n) is 13.1. The molecule has 1 aliphatic rings. The maximum absolute atomic E-state index is 14.0. The molecule has 1 amide bonds. The number of nitrogens with zero attached hydrogens (tertiary/aromatic N) is 3. The molecule has 0 radical (unpaired) electrons. The number of anilines is 1. The van der Waals surface area contributed by atoms with E-state index in [1.165, 1.54) is 18.2 Å². The Morgan fingerprint density at radius 2 is 1.80 bits per heavy atom. The van der Waals surface area contributed by atoms with E-state index in [9.17, 15) is 22.8 Å². The highest BCUT2D eigenvalue weighted by atomic mass is 19.4. The first-order chi connectivity index (χ1) is 19.5. The highest BCUT2D eigenvalue weighted by molar-refractivity contribution is 6.04. The Bertz CT molecular complexity index is 1730. The van der Waals surface area contributed by atoms with Crippen LogP contribution in [0, 0.1) is 18.8 Å². The van der Waals surface area contributed by atoms with E-state index in [4.69, 9.17) is 0 Å². The largest absolute Gasteiger partial charge is 0.416 e. The molecule has 41 heavy (non-hydrogen) atoms. The predicted octanol–water partition coefficient (Wildman–Crippen LogP) is 4.65. The number of pyridine rings is 2. The van der Waals surface area contributed by atoms with Crippen LogP contribution in [-0.4, -0.2) is 58.9 Å². The summed E-state index contributed by atoms with van der Waals surface area (Å²) in [4.78, 5) is 35.5. The van der Waals surface area contributed by atoms with Crippen molar-refractivity contribution in [1.82, 2.24) is 19.8 Å². The van der Waals surface area contributed by atoms with Gasteiger partial charge in [0.15, 0.2) is 0 Å². The molecule has 5 rings (SSSR count). The van der Waals surface area contributed by atoms with Crippen molar-refractivity contribution in [2.45, 2.75) is 19.6 Å². The van der Waals surface area contributed by atoms with Crippen LogP contribution in [0.25, 0.3) is 11.0 Å². The van der Waals surface area contributed by atoms with Crippen molar-refractivity contribution in [3.8, 4) is 11.8 Å². The molecule has 2 aromatic carbocycles. The molecule has 10 heteroatoms. The molecule has 1 saturated heterocycles. The average Bonchev–Trinajstić information content (AvgIpc) is 2.94. The summed E-state index contributed by atoms with van der Waals surface area (Å²) >= 11 is 0. The molecular weight excluding hydrogens is 531 g/mol. The SMILES string of the molecule is Cc1ccc(NC(=O)c2ccc(CN3CCN(C)CC3)c(C(F)(F)F)c2)cc1C#Cc1cnc2[nH]c(=O)ccc2c1. The lowest BCUT2D eigenvalue weighted by Crippen LogP contribution is -2.44. The van der Waals surface area contributed by atoms with Crippen LogP contribution in [-0.2, 0) is 12.7 Å². The third kappa shape index (κ3) is 6.82. The summed E-state index contributed by atoms with van der Waals surface area (Å²) in [5, 5.41) is 3.44. The molecule has 210 valence electrons. The van der Waals surface area contributed by atoms with E-state index in [0.717, 1.165) is 30.1 Å². The van der Waals surface area contributed by atoms with Gasteiger partial charge < -0.3 is 15.2 Å². The molecule has 7 nitrogen and oxygen atoms in total. The number of aryl methyl sites for hydroxylation is 1. The molecule has 0 aliphatic carbocycles. The number of benzene rings is 2. The lowest BCUT2D eigenvalue weighted by Gasteiger charge is -2.33. The van der Waals surface area contributed by atoms with Crippen molar-refractivity contribution in [3.05, 3.63) is 105 Å². The normalized spacial score (nSPS) is 14.5. The predicted molar refractivity (Wildman–Crippen MR) is 152 cm³/mol. The van der Waals surface area contributed by atoms with Gasteiger partial charge in [-0.2, -0.15) is 13.2 Å². The number of rotatable bonds is 4. The Hall–Kier alpha value is -4.46. The van der Waals surface area contributed by atoms with E-state index in [1.54, 1.807) is 36.5 Å². The Morgan fingerprint density at radius 3 is 2.56 bits per heavy atom. The second kappa shape index (κ2) is 11.6. The van der Waals surface area contributed by atoms with Gasteiger partial charge in [-0.25, -0.2) is 4.98 Å². The van der Waals surface area contributed by atoms with Crippen LogP contribution >= 0.6 is 0 Å². The third-order valence-corrected chi connectivity index (χ3v) is 7.08. The molecule has 0 spiro atoms. The lowest BCUT2D eigenvalue weighted by molar-refractivity contribution is -0.138. The van der Waals surface area contributed by atoms with Gasteiger partial charge in [-0.05, 0) is 61.5 Å². The fourth-order valence-corrected chi connectivity index (χ4v) is 4.65. The Morgan fingerprint density at radius 1 is 1.02 bits per heavy atom. The fraction of sp³-hybridized carbons (Fsp3) is 0.258. The number of hydrogen-bond acceptors (Lipinski definition) is 5. The number of hydrogen-bond donors (Lipinski definition) is 2. The number of piperazine rings is 1. The molecule has 0 atom stereocenters. The number of H-pyrrole nitrogens is 1. The number of carbonyl (C=O) groups excluding carboxylic acids is 1. The Balaban J connectivity index is 1.34. The van der Waals surface area contributed by atoms with Crippen molar-refractivity contribution in [3.63, 3.8) is 0 Å². The van der Waals surface area contributed by atoms with Crippen LogP contribution in [0.15, 0.2) is 65.6 Å². The summed E-state index contributed by atoms with van der Waals surface area (Å²) in [6.07, 6.45) is -3.03. The van der Waals surface area contributed by atoms with Crippen molar-refractivity contribution in [1.29, 1.82) is 0 Å². The summed E-state index contributed by atoms with van der Waals surface area (Å²) < 4.78 is 41.9. The van der Waals surface area contributed by atoms with Gasteiger partial charge in [-0.3, -0.25) is 14.5 Å². The van der Waals surface area contributed by atoms with Crippen molar-refractivity contribution >= 4 is 22.6 Å². The molecule has 2 aromatic heterocycles. The van der Waals surface area contributed by atoms with E-state index in [2.05, 4.69) is 32.0 Å². The van der Waals surface area contributed by atoms with Gasteiger partial charge >= 0.3 is 6.18 Å². The second-order valence-electron chi connectivity index (χ2n) is 10.2. The molecule has 1 fully saturated rings. The van der Waals surface area contributed by atoms with E-state index in [-0.39, 0.29) is 23.2 Å². The fourth-order valence-electron chi connectivity index (χ4n) is 4.65. The summed E-state index contributed by atoms with van der Waals surface area (Å²) in [6, 6.07) is 13.8. The summed E-state index contributed by atoms with van der Waals surface area (Å²) in [7, 11) is 1.99. The molecule has 0 saturated carbocycles. The molecule has 1 aliphatic heterocycles. The summed E-state index contributed by atoms with van der Waals surface area (Å²) in [6.45, 7) is 5.01. The Labute approximate surface area is 235 Å². The van der Waals surface area contributed by atoms with Crippen LogP contribution in [0.4, 0.5) is 18.9 Å². The molecule has 2 N–H and O–H groups in total. The average molecular weight is 560 g/mol. The minimum Gasteiger partial charge on any atom is -0.322 e. The minimum atomic E-state index is -4.59. The molecule has 0 unspecified atom stereocenters. The first-order valence-corrected chi connectivity index (χ1v) is 13.1. The van der Waals surface area contributed by atoms with Crippen LogP contribution in [0.5, 0.6) is 0 Å². The molecule has 0 bridgehead atoms. The van der Waals surface area contributed by atoms with E-state index < -0.39 is 17.6 Å². The summed E-state index contributed by atoms with van der Waals surface area (Å²) in [5.74, 6) is 5.46. The van der Waals surface area contributed by atoms with Gasteiger partial charge in [0.1, 0.15) is 5.65 Å². The highest BCUT2D eigenvalue weighted by Crippen LogP contribution is 2.34. The van der Waals surface area contributed by atoms with Gasteiger partial charge in [0.05, 0.1) is 5.56 Å². The summed E-state index contributed by atoms with van der Waals surface area (Å²) in [5.41, 5.74) is 2.05. The van der Waals surface area contributed by atoms with E-state index in [1.807, 2.05) is 18.9 Å². The van der Waals surface area contributed by atoms with E-state index in [0.29, 0.717) is 35.6 Å². The smallest absolute Gasteiger partial charge is 0.322 e. The number of aromatic amines is 1. The van der Waals surface area contributed by atoms with Gasteiger partial charge in [0.2, 0.25) is 5.56 Å².